The van der Waals surface area contributed by atoms with Crippen LogP contribution < -0.4 is 4.74 Å². The van der Waals surface area contributed by atoms with Gasteiger partial charge in [-0.3, -0.25) is 9.69 Å². The van der Waals surface area contributed by atoms with Gasteiger partial charge in [0.25, 0.3) is 0 Å². The molecule has 0 bridgehead atoms. The summed E-state index contributed by atoms with van der Waals surface area (Å²) in [6.45, 7) is 5.10. The van der Waals surface area contributed by atoms with Crippen molar-refractivity contribution in [1.82, 2.24) is 4.90 Å². The number of para-hydroxylation sites is 1. The Morgan fingerprint density at radius 1 is 0.667 bits per heavy atom. The molecular weight excluding hydrogens is 562 g/mol. The highest BCUT2D eigenvalue weighted by molar-refractivity contribution is 5.89. The predicted molar refractivity (Wildman–Crippen MR) is 179 cm³/mol. The molecule has 0 unspecified atom stereocenters. The minimum absolute atomic E-state index is 0.179. The first-order valence-electron chi connectivity index (χ1n) is 15.8. The molecule has 0 N–H and O–H groups in total. The minimum Gasteiger partial charge on any atom is -0.489 e. The van der Waals surface area contributed by atoms with Gasteiger partial charge in [0.2, 0.25) is 0 Å². The third-order valence-corrected chi connectivity index (χ3v) is 7.96. The van der Waals surface area contributed by atoms with Crippen LogP contribution in [-0.2, 0) is 40.3 Å². The number of unbranched alkanes of at least 4 members (excludes halogenated alkanes) is 1. The van der Waals surface area contributed by atoms with E-state index in [-0.39, 0.29) is 11.9 Å². The van der Waals surface area contributed by atoms with Gasteiger partial charge in [-0.15, -0.1) is 0 Å². The number of methoxy groups -OCH3 is 2. The molecule has 4 rings (SSSR count). The third kappa shape index (κ3) is 10.6. The van der Waals surface area contributed by atoms with E-state index in [1.807, 2.05) is 24.3 Å². The Bertz CT molecular complexity index is 1480. The Kier molecular flexibility index (Phi) is 13.2. The Labute approximate surface area is 268 Å². The van der Waals surface area contributed by atoms with E-state index in [2.05, 4.69) is 72.5 Å². The monoisotopic (exact) mass is 607 g/mol. The topological polar surface area (TPSA) is 65.1 Å². The molecule has 0 amide bonds. The number of rotatable bonds is 17. The SMILES string of the molecule is CCCc1ccc(-c2ccc(COc3ccccc3CCN(CCCCC(=O)OC)Cc3ccc(C(=O)OC)cc3)cc2)cc1. The summed E-state index contributed by atoms with van der Waals surface area (Å²) in [5, 5.41) is 0. The zero-order valence-corrected chi connectivity index (χ0v) is 26.8. The van der Waals surface area contributed by atoms with Crippen molar-refractivity contribution in [1.29, 1.82) is 0 Å². The number of esters is 2. The lowest BCUT2D eigenvalue weighted by Crippen LogP contribution is -2.27. The first-order valence-corrected chi connectivity index (χ1v) is 15.8. The molecule has 4 aromatic rings. The number of carbonyl (C=O) groups is 2. The van der Waals surface area contributed by atoms with Crippen LogP contribution in [-0.4, -0.2) is 44.1 Å². The van der Waals surface area contributed by atoms with E-state index in [0.29, 0.717) is 18.6 Å². The molecule has 4 aromatic carbocycles. The molecule has 0 heterocycles. The average Bonchev–Trinajstić information content (AvgIpc) is 3.09. The number of hydrogen-bond donors (Lipinski definition) is 0. The van der Waals surface area contributed by atoms with Gasteiger partial charge in [0.15, 0.2) is 0 Å². The number of benzene rings is 4. The zero-order valence-electron chi connectivity index (χ0n) is 26.8. The number of ether oxygens (including phenoxy) is 3. The van der Waals surface area contributed by atoms with Crippen LogP contribution in [0.3, 0.4) is 0 Å². The van der Waals surface area contributed by atoms with Crippen molar-refractivity contribution >= 4 is 11.9 Å². The molecule has 0 saturated heterocycles. The first-order chi connectivity index (χ1) is 22.0. The lowest BCUT2D eigenvalue weighted by molar-refractivity contribution is -0.140. The largest absolute Gasteiger partial charge is 0.489 e. The summed E-state index contributed by atoms with van der Waals surface area (Å²) in [6.07, 6.45) is 5.16. The number of hydrogen-bond acceptors (Lipinski definition) is 6. The van der Waals surface area contributed by atoms with E-state index >= 15 is 0 Å². The number of aryl methyl sites for hydroxylation is 1. The smallest absolute Gasteiger partial charge is 0.337 e. The maximum absolute atomic E-state index is 11.9. The second-order valence-electron chi connectivity index (χ2n) is 11.3. The van der Waals surface area contributed by atoms with Crippen LogP contribution in [0.1, 0.15) is 65.2 Å². The second kappa shape index (κ2) is 17.8. The maximum Gasteiger partial charge on any atom is 0.337 e. The summed E-state index contributed by atoms with van der Waals surface area (Å²) in [7, 11) is 2.81. The maximum atomic E-state index is 11.9. The van der Waals surface area contributed by atoms with Gasteiger partial charge in [-0.05, 0) is 83.8 Å². The fourth-order valence-electron chi connectivity index (χ4n) is 5.34. The van der Waals surface area contributed by atoms with E-state index in [1.165, 1.54) is 30.9 Å². The van der Waals surface area contributed by atoms with Gasteiger partial charge in [-0.1, -0.05) is 92.2 Å². The highest BCUT2D eigenvalue weighted by Gasteiger charge is 2.12. The fraction of sp³-hybridized carbons (Fsp3) is 0.333. The lowest BCUT2D eigenvalue weighted by atomic mass is 10.0. The Morgan fingerprint density at radius 2 is 1.31 bits per heavy atom. The lowest BCUT2D eigenvalue weighted by Gasteiger charge is -2.23. The Balaban J connectivity index is 1.36. The van der Waals surface area contributed by atoms with Gasteiger partial charge in [-0.25, -0.2) is 4.79 Å². The van der Waals surface area contributed by atoms with E-state index in [9.17, 15) is 9.59 Å². The fourth-order valence-corrected chi connectivity index (χ4v) is 5.34. The minimum atomic E-state index is -0.342. The van der Waals surface area contributed by atoms with Crippen LogP contribution in [0.25, 0.3) is 11.1 Å². The van der Waals surface area contributed by atoms with Gasteiger partial charge < -0.3 is 14.2 Å². The van der Waals surface area contributed by atoms with Crippen molar-refractivity contribution < 1.29 is 23.8 Å². The molecule has 0 aromatic heterocycles. The average molecular weight is 608 g/mol. The first kappa shape index (κ1) is 33.5. The van der Waals surface area contributed by atoms with Gasteiger partial charge in [0.05, 0.1) is 19.8 Å². The third-order valence-electron chi connectivity index (χ3n) is 7.96. The van der Waals surface area contributed by atoms with Crippen molar-refractivity contribution in [2.45, 2.75) is 58.6 Å². The van der Waals surface area contributed by atoms with E-state index in [1.54, 1.807) is 12.1 Å². The molecule has 0 aliphatic heterocycles. The molecule has 0 saturated carbocycles. The van der Waals surface area contributed by atoms with Crippen LogP contribution >= 0.6 is 0 Å². The summed E-state index contributed by atoms with van der Waals surface area (Å²) < 4.78 is 16.0. The molecule has 0 spiro atoms. The predicted octanol–water partition coefficient (Wildman–Crippen LogP) is 8.06. The highest BCUT2D eigenvalue weighted by atomic mass is 16.5. The van der Waals surface area contributed by atoms with Crippen molar-refractivity contribution in [2.75, 3.05) is 27.3 Å². The normalized spacial score (nSPS) is 10.9. The molecule has 6 heteroatoms. The molecule has 0 fully saturated rings. The quantitative estimate of drug-likeness (QED) is 0.0894. The standard InChI is InChI=1S/C39H45NO5/c1-4-9-30-13-19-33(20-14-30)34-21-17-32(18-22-34)29-45-37-11-6-5-10-35(37)25-27-40(26-8-7-12-38(41)43-2)28-31-15-23-36(24-16-31)39(42)44-3/h5-6,10-11,13-24H,4,7-9,12,25-29H2,1-3H3. The molecule has 45 heavy (non-hydrogen) atoms. The summed E-state index contributed by atoms with van der Waals surface area (Å²) in [5.41, 5.74) is 7.73. The van der Waals surface area contributed by atoms with Crippen molar-refractivity contribution in [3.63, 3.8) is 0 Å². The summed E-state index contributed by atoms with van der Waals surface area (Å²) in [5.74, 6) is 0.369. The molecule has 0 radical (unpaired) electrons. The van der Waals surface area contributed by atoms with E-state index < -0.39 is 0 Å². The van der Waals surface area contributed by atoms with Crippen LogP contribution in [0.4, 0.5) is 0 Å². The van der Waals surface area contributed by atoms with Gasteiger partial charge in [0.1, 0.15) is 12.4 Å². The molecule has 0 aliphatic rings. The zero-order chi connectivity index (χ0) is 31.9. The van der Waals surface area contributed by atoms with Gasteiger partial charge in [0, 0.05) is 19.5 Å². The summed E-state index contributed by atoms with van der Waals surface area (Å²) >= 11 is 0. The molecule has 236 valence electrons. The van der Waals surface area contributed by atoms with Crippen molar-refractivity contribution in [3.8, 4) is 16.9 Å². The Hall–Kier alpha value is -4.42. The molecule has 6 nitrogen and oxygen atoms in total. The molecular formula is C39H45NO5. The van der Waals surface area contributed by atoms with E-state index in [4.69, 9.17) is 14.2 Å². The summed E-state index contributed by atoms with van der Waals surface area (Å²) in [4.78, 5) is 25.8. The van der Waals surface area contributed by atoms with Crippen LogP contribution in [0.2, 0.25) is 0 Å². The Morgan fingerprint density at radius 3 is 1.96 bits per heavy atom. The van der Waals surface area contributed by atoms with Crippen LogP contribution in [0.5, 0.6) is 5.75 Å². The highest BCUT2D eigenvalue weighted by Crippen LogP contribution is 2.24. The molecule has 0 atom stereocenters. The van der Waals surface area contributed by atoms with E-state index in [0.717, 1.165) is 74.2 Å². The summed E-state index contributed by atoms with van der Waals surface area (Å²) in [6, 6.07) is 33.2. The van der Waals surface area contributed by atoms with Crippen molar-refractivity contribution in [3.05, 3.63) is 125 Å². The molecule has 0 aliphatic carbocycles. The van der Waals surface area contributed by atoms with Crippen LogP contribution in [0.15, 0.2) is 97.1 Å². The van der Waals surface area contributed by atoms with Crippen LogP contribution in [0, 0.1) is 0 Å². The van der Waals surface area contributed by atoms with Crippen molar-refractivity contribution in [2.24, 2.45) is 0 Å². The van der Waals surface area contributed by atoms with Gasteiger partial charge >= 0.3 is 11.9 Å². The number of nitrogens with zero attached hydrogens (tertiary/aromatic N) is 1. The number of carbonyl (C=O) groups excluding carboxylic acids is 2. The second-order valence-corrected chi connectivity index (χ2v) is 11.3. The van der Waals surface area contributed by atoms with Gasteiger partial charge in [-0.2, -0.15) is 0 Å².